The van der Waals surface area contributed by atoms with E-state index in [1.54, 1.807) is 0 Å². The van der Waals surface area contributed by atoms with E-state index >= 15 is 0 Å². The molecular weight excluding hydrogens is 184 g/mol. The Hall–Kier alpha value is -1.06. The number of hydrogen-bond donors (Lipinski definition) is 0. The monoisotopic (exact) mass is 198 g/mol. The number of fused-ring (bicyclic) bond motifs is 1. The van der Waals surface area contributed by atoms with Crippen LogP contribution in [-0.2, 0) is 19.1 Å². The number of rotatable bonds is 2. The number of carbonyl (C=O) groups excluding carboxylic acids is 2. The molecule has 2 aliphatic carbocycles. The largest absolute Gasteiger partial charge is 0.469 e. The molecule has 4 nitrogen and oxygen atoms in total. The average molecular weight is 198 g/mol. The van der Waals surface area contributed by atoms with Crippen LogP contribution in [0, 0.1) is 23.7 Å². The van der Waals surface area contributed by atoms with Crippen molar-refractivity contribution in [2.24, 2.45) is 23.7 Å². The number of hydrogen-bond acceptors (Lipinski definition) is 4. The molecule has 0 saturated heterocycles. The zero-order chi connectivity index (χ0) is 10.3. The van der Waals surface area contributed by atoms with Crippen LogP contribution in [0.4, 0.5) is 0 Å². The van der Waals surface area contributed by atoms with Gasteiger partial charge in [-0.1, -0.05) is 0 Å². The summed E-state index contributed by atoms with van der Waals surface area (Å²) in [6.45, 7) is 0. The first kappa shape index (κ1) is 9.49. The number of carbonyl (C=O) groups is 2. The molecule has 0 radical (unpaired) electrons. The Labute approximate surface area is 82.6 Å². The maximum absolute atomic E-state index is 11.4. The highest BCUT2D eigenvalue weighted by Crippen LogP contribution is 2.58. The molecule has 0 aromatic rings. The molecule has 0 unspecified atom stereocenters. The van der Waals surface area contributed by atoms with E-state index in [1.807, 2.05) is 0 Å². The first-order valence-electron chi connectivity index (χ1n) is 4.86. The molecule has 0 aliphatic heterocycles. The Morgan fingerprint density at radius 1 is 0.929 bits per heavy atom. The Morgan fingerprint density at radius 3 is 1.50 bits per heavy atom. The van der Waals surface area contributed by atoms with Crippen LogP contribution in [0.3, 0.4) is 0 Å². The lowest BCUT2D eigenvalue weighted by atomic mass is 9.47. The standard InChI is InChI=1S/C10H14O4/c1-13-9(11)7-5-3-4-6(5)8(7)10(12)14-2/h5-8H,3-4H2,1-2H3/t5-,6-,7-,8-/m1/s1. The molecule has 2 fully saturated rings. The molecule has 14 heavy (non-hydrogen) atoms. The molecule has 0 heterocycles. The van der Waals surface area contributed by atoms with Crippen LogP contribution in [0.5, 0.6) is 0 Å². The topological polar surface area (TPSA) is 52.6 Å². The third kappa shape index (κ3) is 1.06. The van der Waals surface area contributed by atoms with Crippen molar-refractivity contribution in [3.8, 4) is 0 Å². The van der Waals surface area contributed by atoms with Gasteiger partial charge in [0.1, 0.15) is 0 Å². The van der Waals surface area contributed by atoms with Crippen molar-refractivity contribution in [3.63, 3.8) is 0 Å². The van der Waals surface area contributed by atoms with E-state index in [-0.39, 0.29) is 23.8 Å². The summed E-state index contributed by atoms with van der Waals surface area (Å²) in [4.78, 5) is 22.8. The minimum Gasteiger partial charge on any atom is -0.469 e. The van der Waals surface area contributed by atoms with Crippen molar-refractivity contribution < 1.29 is 19.1 Å². The third-order valence-electron chi connectivity index (χ3n) is 3.64. The molecular formula is C10H14O4. The van der Waals surface area contributed by atoms with Gasteiger partial charge in [0.05, 0.1) is 26.1 Å². The molecule has 0 amide bonds. The Kier molecular flexibility index (Phi) is 2.21. The Balaban J connectivity index is 2.08. The quantitative estimate of drug-likeness (QED) is 0.610. The lowest BCUT2D eigenvalue weighted by molar-refractivity contribution is -0.191. The minimum absolute atomic E-state index is 0.244. The van der Waals surface area contributed by atoms with E-state index in [4.69, 9.17) is 0 Å². The number of esters is 2. The summed E-state index contributed by atoms with van der Waals surface area (Å²) in [7, 11) is 2.73. The molecule has 2 aliphatic rings. The van der Waals surface area contributed by atoms with Gasteiger partial charge in [0.2, 0.25) is 0 Å². The zero-order valence-corrected chi connectivity index (χ0v) is 8.36. The van der Waals surface area contributed by atoms with Crippen LogP contribution >= 0.6 is 0 Å². The smallest absolute Gasteiger partial charge is 0.309 e. The van der Waals surface area contributed by atoms with E-state index < -0.39 is 0 Å². The molecule has 4 heteroatoms. The highest BCUT2D eigenvalue weighted by molar-refractivity contribution is 5.85. The molecule has 0 bridgehead atoms. The highest BCUT2D eigenvalue weighted by Gasteiger charge is 2.62. The fourth-order valence-corrected chi connectivity index (χ4v) is 2.75. The van der Waals surface area contributed by atoms with Crippen molar-refractivity contribution >= 4 is 11.9 Å². The molecule has 0 N–H and O–H groups in total. The number of methoxy groups -OCH3 is 2. The van der Waals surface area contributed by atoms with Crippen LogP contribution < -0.4 is 0 Å². The van der Waals surface area contributed by atoms with E-state index in [9.17, 15) is 9.59 Å². The second kappa shape index (κ2) is 3.26. The van der Waals surface area contributed by atoms with Gasteiger partial charge in [-0.15, -0.1) is 0 Å². The SMILES string of the molecule is COC(=O)[C@@H]1[C@@H]2CC[C@H]2[C@H]1C(=O)OC. The molecule has 2 rings (SSSR count). The van der Waals surface area contributed by atoms with Gasteiger partial charge < -0.3 is 9.47 Å². The van der Waals surface area contributed by atoms with Crippen molar-refractivity contribution in [1.29, 1.82) is 0 Å². The second-order valence-corrected chi connectivity index (χ2v) is 4.00. The summed E-state index contributed by atoms with van der Waals surface area (Å²) in [5, 5.41) is 0. The van der Waals surface area contributed by atoms with Crippen molar-refractivity contribution in [1.82, 2.24) is 0 Å². The van der Waals surface area contributed by atoms with E-state index in [0.717, 1.165) is 12.8 Å². The van der Waals surface area contributed by atoms with Gasteiger partial charge in [-0.2, -0.15) is 0 Å². The van der Waals surface area contributed by atoms with E-state index in [1.165, 1.54) is 14.2 Å². The molecule has 2 saturated carbocycles. The third-order valence-corrected chi connectivity index (χ3v) is 3.64. The van der Waals surface area contributed by atoms with Gasteiger partial charge >= 0.3 is 11.9 Å². The summed E-state index contributed by atoms with van der Waals surface area (Å²) in [5.74, 6) is -0.279. The summed E-state index contributed by atoms with van der Waals surface area (Å²) >= 11 is 0. The first-order valence-corrected chi connectivity index (χ1v) is 4.86. The van der Waals surface area contributed by atoms with Crippen LogP contribution in [-0.4, -0.2) is 26.2 Å². The summed E-state index contributed by atoms with van der Waals surface area (Å²) < 4.78 is 9.37. The van der Waals surface area contributed by atoms with Gasteiger partial charge in [0, 0.05) is 0 Å². The molecule has 78 valence electrons. The van der Waals surface area contributed by atoms with Crippen LogP contribution in [0.2, 0.25) is 0 Å². The van der Waals surface area contributed by atoms with Crippen molar-refractivity contribution in [2.45, 2.75) is 12.8 Å². The maximum Gasteiger partial charge on any atom is 0.309 e. The number of ether oxygens (including phenoxy) is 2. The fourth-order valence-electron chi connectivity index (χ4n) is 2.75. The zero-order valence-electron chi connectivity index (χ0n) is 8.36. The predicted molar refractivity (Wildman–Crippen MR) is 47.2 cm³/mol. The first-order chi connectivity index (χ1) is 6.70. The summed E-state index contributed by atoms with van der Waals surface area (Å²) in [6, 6.07) is 0. The Bertz CT molecular complexity index is 245. The lowest BCUT2D eigenvalue weighted by Crippen LogP contribution is -2.59. The molecule has 4 atom stereocenters. The molecule has 0 spiro atoms. The maximum atomic E-state index is 11.4. The van der Waals surface area contributed by atoms with E-state index in [0.29, 0.717) is 11.8 Å². The van der Waals surface area contributed by atoms with Gasteiger partial charge in [-0.05, 0) is 24.7 Å². The van der Waals surface area contributed by atoms with Crippen LogP contribution in [0.1, 0.15) is 12.8 Å². The fraction of sp³-hybridized carbons (Fsp3) is 0.800. The summed E-state index contributed by atoms with van der Waals surface area (Å²) in [6.07, 6.45) is 2.08. The van der Waals surface area contributed by atoms with Gasteiger partial charge in [0.25, 0.3) is 0 Å². The minimum atomic E-state index is -0.263. The van der Waals surface area contributed by atoms with Gasteiger partial charge in [-0.3, -0.25) is 9.59 Å². The highest BCUT2D eigenvalue weighted by atomic mass is 16.5. The average Bonchev–Trinajstić information content (AvgIpc) is 2.18. The normalized spacial score (nSPS) is 38.7. The van der Waals surface area contributed by atoms with Gasteiger partial charge in [0.15, 0.2) is 0 Å². The van der Waals surface area contributed by atoms with Crippen LogP contribution in [0.25, 0.3) is 0 Å². The van der Waals surface area contributed by atoms with Gasteiger partial charge in [-0.25, -0.2) is 0 Å². The van der Waals surface area contributed by atoms with E-state index in [2.05, 4.69) is 9.47 Å². The second-order valence-electron chi connectivity index (χ2n) is 4.00. The molecule has 0 aromatic carbocycles. The van der Waals surface area contributed by atoms with Crippen molar-refractivity contribution in [2.75, 3.05) is 14.2 Å². The lowest BCUT2D eigenvalue weighted by Gasteiger charge is -2.56. The van der Waals surface area contributed by atoms with Crippen molar-refractivity contribution in [3.05, 3.63) is 0 Å². The van der Waals surface area contributed by atoms with Crippen LogP contribution in [0.15, 0.2) is 0 Å². The summed E-state index contributed by atoms with van der Waals surface area (Å²) in [5.41, 5.74) is 0. The Morgan fingerprint density at radius 2 is 1.29 bits per heavy atom. The molecule has 0 aromatic heterocycles. The predicted octanol–water partition coefficient (Wildman–Crippen LogP) is 0.605.